The van der Waals surface area contributed by atoms with Crippen LogP contribution in [-0.2, 0) is 0 Å². The molecule has 0 aliphatic rings. The fourth-order valence-corrected chi connectivity index (χ4v) is 2.22. The second-order valence-electron chi connectivity index (χ2n) is 5.72. The highest BCUT2D eigenvalue weighted by atomic mass is 16.2. The molecule has 2 rings (SSSR count). The average Bonchev–Trinajstić information content (AvgIpc) is 2.44. The molecule has 2 amide bonds. The van der Waals surface area contributed by atoms with Crippen molar-refractivity contribution in [3.05, 3.63) is 53.6 Å². The maximum absolute atomic E-state index is 11.7. The van der Waals surface area contributed by atoms with E-state index in [1.807, 2.05) is 38.1 Å². The maximum Gasteiger partial charge on any atom is 0.319 e. The first kappa shape index (κ1) is 15.9. The van der Waals surface area contributed by atoms with Crippen molar-refractivity contribution in [2.45, 2.75) is 33.7 Å². The molecule has 0 unspecified atom stereocenters. The van der Waals surface area contributed by atoms with Crippen LogP contribution in [0, 0.1) is 13.8 Å². The zero-order valence-corrected chi connectivity index (χ0v) is 13.5. The van der Waals surface area contributed by atoms with Crippen LogP contribution in [-0.4, -0.2) is 12.1 Å². The Kier molecular flexibility index (Phi) is 5.04. The van der Waals surface area contributed by atoms with Gasteiger partial charge in [0.25, 0.3) is 0 Å². The van der Waals surface area contributed by atoms with Crippen LogP contribution in [0.15, 0.2) is 42.5 Å². The van der Waals surface area contributed by atoms with E-state index in [2.05, 4.69) is 48.0 Å². The summed E-state index contributed by atoms with van der Waals surface area (Å²) in [5.41, 5.74) is 5.30. The molecule has 0 aliphatic heterocycles. The Bertz CT molecular complexity index is 628. The molecule has 0 radical (unpaired) electrons. The minimum atomic E-state index is -0.189. The molecule has 0 heterocycles. The summed E-state index contributed by atoms with van der Waals surface area (Å²) >= 11 is 0. The van der Waals surface area contributed by atoms with Crippen LogP contribution in [0.1, 0.15) is 25.0 Å². The van der Waals surface area contributed by atoms with E-state index in [4.69, 9.17) is 0 Å². The minimum absolute atomic E-state index is 0.116. The Morgan fingerprint density at radius 2 is 1.45 bits per heavy atom. The van der Waals surface area contributed by atoms with Crippen molar-refractivity contribution in [3.8, 4) is 0 Å². The quantitative estimate of drug-likeness (QED) is 0.774. The van der Waals surface area contributed by atoms with Gasteiger partial charge in [0.2, 0.25) is 0 Å². The topological polar surface area (TPSA) is 53.2 Å². The van der Waals surface area contributed by atoms with E-state index in [1.165, 1.54) is 11.1 Å². The Morgan fingerprint density at radius 3 is 2.00 bits per heavy atom. The van der Waals surface area contributed by atoms with Gasteiger partial charge < -0.3 is 16.0 Å². The van der Waals surface area contributed by atoms with Gasteiger partial charge in [0.05, 0.1) is 0 Å². The lowest BCUT2D eigenvalue weighted by Gasteiger charge is -2.14. The number of aryl methyl sites for hydroxylation is 2. The van der Waals surface area contributed by atoms with Gasteiger partial charge in [0.15, 0.2) is 0 Å². The number of carbonyl (C=O) groups is 1. The Labute approximate surface area is 131 Å². The lowest BCUT2D eigenvalue weighted by molar-refractivity contribution is 0.250. The smallest absolute Gasteiger partial charge is 0.319 e. The summed E-state index contributed by atoms with van der Waals surface area (Å²) in [6.07, 6.45) is 0. The summed E-state index contributed by atoms with van der Waals surface area (Å²) in [6, 6.07) is 13.8. The number of carbonyl (C=O) groups excluding carboxylic acids is 1. The van der Waals surface area contributed by atoms with Crippen LogP contribution in [0.4, 0.5) is 21.9 Å². The molecule has 0 bridgehead atoms. The number of nitrogens with one attached hydrogen (secondary N) is 3. The van der Waals surface area contributed by atoms with E-state index >= 15 is 0 Å². The zero-order chi connectivity index (χ0) is 16.1. The van der Waals surface area contributed by atoms with Crippen molar-refractivity contribution < 1.29 is 4.79 Å². The van der Waals surface area contributed by atoms with Gasteiger partial charge in [-0.1, -0.05) is 18.2 Å². The van der Waals surface area contributed by atoms with E-state index in [0.29, 0.717) is 0 Å². The summed E-state index contributed by atoms with van der Waals surface area (Å²) < 4.78 is 0. The van der Waals surface area contributed by atoms with Crippen molar-refractivity contribution in [1.29, 1.82) is 0 Å². The SMILES string of the molecule is Cc1cccc(C)c1Nc1ccc(NC(=O)NC(C)C)cc1. The Balaban J connectivity index is 2.05. The molecule has 0 spiro atoms. The van der Waals surface area contributed by atoms with Crippen molar-refractivity contribution in [3.63, 3.8) is 0 Å². The van der Waals surface area contributed by atoms with Gasteiger partial charge in [-0.25, -0.2) is 4.79 Å². The molecular weight excluding hydrogens is 274 g/mol. The lowest BCUT2D eigenvalue weighted by atomic mass is 10.1. The predicted octanol–water partition coefficient (Wildman–Crippen LogP) is 4.58. The van der Waals surface area contributed by atoms with Gasteiger partial charge in [-0.3, -0.25) is 0 Å². The monoisotopic (exact) mass is 297 g/mol. The van der Waals surface area contributed by atoms with Crippen LogP contribution >= 0.6 is 0 Å². The maximum atomic E-state index is 11.7. The fraction of sp³-hybridized carbons (Fsp3) is 0.278. The highest BCUT2D eigenvalue weighted by Crippen LogP contribution is 2.25. The molecule has 0 aliphatic carbocycles. The lowest BCUT2D eigenvalue weighted by Crippen LogP contribution is -2.34. The number of rotatable bonds is 4. The van der Waals surface area contributed by atoms with E-state index in [0.717, 1.165) is 17.1 Å². The molecule has 0 fully saturated rings. The number of amides is 2. The second-order valence-corrected chi connectivity index (χ2v) is 5.72. The van der Waals surface area contributed by atoms with Gasteiger partial charge in [-0.15, -0.1) is 0 Å². The first-order valence-electron chi connectivity index (χ1n) is 7.46. The van der Waals surface area contributed by atoms with E-state index in [9.17, 15) is 4.79 Å². The standard InChI is InChI=1S/C18H23N3O/c1-12(2)19-18(22)21-16-10-8-15(9-11-16)20-17-13(3)6-5-7-14(17)4/h5-12,20H,1-4H3,(H2,19,21,22). The predicted molar refractivity (Wildman–Crippen MR) is 92.9 cm³/mol. The third-order valence-corrected chi connectivity index (χ3v) is 3.31. The number of hydrogen-bond acceptors (Lipinski definition) is 2. The normalized spacial score (nSPS) is 10.4. The molecule has 2 aromatic carbocycles. The average molecular weight is 297 g/mol. The van der Waals surface area contributed by atoms with Crippen LogP contribution in [0.5, 0.6) is 0 Å². The highest BCUT2D eigenvalue weighted by molar-refractivity contribution is 5.89. The summed E-state index contributed by atoms with van der Waals surface area (Å²) in [4.78, 5) is 11.7. The summed E-state index contributed by atoms with van der Waals surface area (Å²) in [5, 5.41) is 9.03. The highest BCUT2D eigenvalue weighted by Gasteiger charge is 2.05. The van der Waals surface area contributed by atoms with Crippen LogP contribution < -0.4 is 16.0 Å². The molecular formula is C18H23N3O. The number of urea groups is 1. The van der Waals surface area contributed by atoms with E-state index in [1.54, 1.807) is 0 Å². The molecule has 4 heteroatoms. The van der Waals surface area contributed by atoms with Crippen molar-refractivity contribution in [2.75, 3.05) is 10.6 Å². The molecule has 116 valence electrons. The molecule has 0 atom stereocenters. The number of para-hydroxylation sites is 1. The first-order chi connectivity index (χ1) is 10.5. The molecule has 3 N–H and O–H groups in total. The van der Waals surface area contributed by atoms with Crippen LogP contribution in [0.3, 0.4) is 0 Å². The number of benzene rings is 2. The van der Waals surface area contributed by atoms with E-state index < -0.39 is 0 Å². The van der Waals surface area contributed by atoms with Gasteiger partial charge in [0, 0.05) is 23.1 Å². The van der Waals surface area contributed by atoms with Gasteiger partial charge >= 0.3 is 6.03 Å². The van der Waals surface area contributed by atoms with Gasteiger partial charge in [-0.05, 0) is 63.1 Å². The summed E-state index contributed by atoms with van der Waals surface area (Å²) in [5.74, 6) is 0. The van der Waals surface area contributed by atoms with Gasteiger partial charge in [0.1, 0.15) is 0 Å². The molecule has 4 nitrogen and oxygen atoms in total. The van der Waals surface area contributed by atoms with Crippen molar-refractivity contribution in [2.24, 2.45) is 0 Å². The van der Waals surface area contributed by atoms with Crippen molar-refractivity contribution >= 4 is 23.1 Å². The molecule has 0 saturated heterocycles. The van der Waals surface area contributed by atoms with Gasteiger partial charge in [-0.2, -0.15) is 0 Å². The van der Waals surface area contributed by atoms with Crippen LogP contribution in [0.25, 0.3) is 0 Å². The largest absolute Gasteiger partial charge is 0.355 e. The zero-order valence-electron chi connectivity index (χ0n) is 13.5. The summed E-state index contributed by atoms with van der Waals surface area (Å²) in [7, 11) is 0. The first-order valence-corrected chi connectivity index (χ1v) is 7.46. The molecule has 22 heavy (non-hydrogen) atoms. The molecule has 0 saturated carbocycles. The molecule has 2 aromatic rings. The van der Waals surface area contributed by atoms with E-state index in [-0.39, 0.29) is 12.1 Å². The Morgan fingerprint density at radius 1 is 0.909 bits per heavy atom. The van der Waals surface area contributed by atoms with Crippen LogP contribution in [0.2, 0.25) is 0 Å². The third-order valence-electron chi connectivity index (χ3n) is 3.31. The Hall–Kier alpha value is -2.49. The fourth-order valence-electron chi connectivity index (χ4n) is 2.22. The number of hydrogen-bond donors (Lipinski definition) is 3. The second kappa shape index (κ2) is 6.98. The van der Waals surface area contributed by atoms with Crippen molar-refractivity contribution in [1.82, 2.24) is 5.32 Å². The third kappa shape index (κ3) is 4.25. The summed E-state index contributed by atoms with van der Waals surface area (Å²) in [6.45, 7) is 8.03. The molecule has 0 aromatic heterocycles. The number of anilines is 3. The minimum Gasteiger partial charge on any atom is -0.355 e.